The van der Waals surface area contributed by atoms with E-state index in [1.54, 1.807) is 0 Å². The molecule has 0 aliphatic carbocycles. The summed E-state index contributed by atoms with van der Waals surface area (Å²) >= 11 is 0. The number of hydrogen-bond acceptors (Lipinski definition) is 5. The van der Waals surface area contributed by atoms with Crippen LogP contribution in [0.15, 0.2) is 54.7 Å². The van der Waals surface area contributed by atoms with Crippen LogP contribution in [0.2, 0.25) is 0 Å². The third-order valence-electron chi connectivity index (χ3n) is 5.44. The number of likely N-dealkylation sites (N-methyl/N-ethyl adjacent to an activating group) is 1. The molecule has 2 heterocycles. The molecule has 1 aromatic heterocycles. The van der Waals surface area contributed by atoms with E-state index >= 15 is 0 Å². The van der Waals surface area contributed by atoms with Gasteiger partial charge in [0.15, 0.2) is 0 Å². The zero-order valence-electron chi connectivity index (χ0n) is 17.4. The van der Waals surface area contributed by atoms with Crippen molar-refractivity contribution in [1.29, 1.82) is 0 Å². The number of fused-ring (bicyclic) bond motifs is 2. The summed E-state index contributed by atoms with van der Waals surface area (Å²) in [6.45, 7) is 5.62. The summed E-state index contributed by atoms with van der Waals surface area (Å²) in [4.78, 5) is 8.81. The Balaban J connectivity index is 1.55. The molecule has 1 atom stereocenters. The molecule has 5 heteroatoms. The van der Waals surface area contributed by atoms with Crippen LogP contribution in [-0.4, -0.2) is 53.7 Å². The molecule has 0 fully saturated rings. The van der Waals surface area contributed by atoms with Crippen LogP contribution in [-0.2, 0) is 18.7 Å². The van der Waals surface area contributed by atoms with E-state index in [0.717, 1.165) is 42.0 Å². The lowest BCUT2D eigenvalue weighted by atomic mass is 9.93. The lowest BCUT2D eigenvalue weighted by Gasteiger charge is -2.28. The maximum Gasteiger partial charge on any atom is 0.123 e. The molecule has 0 spiro atoms. The molecular weight excluding hydrogens is 362 g/mol. The minimum Gasteiger partial charge on any atom is -0.492 e. The number of benzene rings is 2. The highest BCUT2D eigenvalue weighted by atomic mass is 16.5. The highest BCUT2D eigenvalue weighted by Gasteiger charge is 2.26. The fourth-order valence-electron chi connectivity index (χ4n) is 4.11. The Hall–Kier alpha value is -2.47. The minimum absolute atomic E-state index is 0.571. The van der Waals surface area contributed by atoms with Crippen LogP contribution in [0.5, 0.6) is 5.75 Å². The number of aliphatic hydroxyl groups is 1. The van der Waals surface area contributed by atoms with Gasteiger partial charge in [0.25, 0.3) is 0 Å². The van der Waals surface area contributed by atoms with Gasteiger partial charge in [0.2, 0.25) is 0 Å². The van der Waals surface area contributed by atoms with Crippen molar-refractivity contribution in [3.05, 3.63) is 71.4 Å². The van der Waals surface area contributed by atoms with Gasteiger partial charge < -0.3 is 14.7 Å². The first-order chi connectivity index (χ1) is 13.9. The number of nitrogens with zero attached hydrogens (tertiary/aromatic N) is 3. The number of aromatic nitrogens is 1. The van der Waals surface area contributed by atoms with Gasteiger partial charge in [-0.25, -0.2) is 0 Å². The predicted molar refractivity (Wildman–Crippen MR) is 116 cm³/mol. The summed E-state index contributed by atoms with van der Waals surface area (Å²) in [5, 5.41) is 12.1. The maximum absolute atomic E-state index is 10.9. The zero-order chi connectivity index (χ0) is 20.4. The fourth-order valence-corrected chi connectivity index (χ4v) is 4.11. The van der Waals surface area contributed by atoms with E-state index in [4.69, 9.17) is 4.74 Å². The van der Waals surface area contributed by atoms with Crippen molar-refractivity contribution in [3.8, 4) is 5.75 Å². The van der Waals surface area contributed by atoms with Gasteiger partial charge >= 0.3 is 0 Å². The first kappa shape index (κ1) is 19.8. The predicted octanol–water partition coefficient (Wildman–Crippen LogP) is 3.40. The van der Waals surface area contributed by atoms with Gasteiger partial charge in [-0.3, -0.25) is 9.88 Å². The average molecular weight is 392 g/mol. The molecule has 1 unspecified atom stereocenters. The Bertz CT molecular complexity index is 1000. The van der Waals surface area contributed by atoms with Gasteiger partial charge in [0.1, 0.15) is 12.4 Å². The molecule has 1 aliphatic heterocycles. The van der Waals surface area contributed by atoms with Crippen molar-refractivity contribution in [2.24, 2.45) is 0 Å². The van der Waals surface area contributed by atoms with Crippen molar-refractivity contribution in [2.75, 3.05) is 33.8 Å². The number of rotatable bonds is 5. The van der Waals surface area contributed by atoms with Crippen LogP contribution in [0.1, 0.15) is 23.6 Å². The van der Waals surface area contributed by atoms with Crippen molar-refractivity contribution in [1.82, 2.24) is 14.8 Å². The molecule has 0 radical (unpaired) electrons. The SMILES string of the molecule is CN(C)CC(C)(O)c1ccc2c(c1)CN(Cc1ccc3ncccc3c1)CCO2. The second-order valence-electron chi connectivity index (χ2n) is 8.42. The molecular formula is C24H29N3O2. The highest BCUT2D eigenvalue weighted by molar-refractivity contribution is 5.78. The van der Waals surface area contributed by atoms with Crippen molar-refractivity contribution >= 4 is 10.9 Å². The number of ether oxygens (including phenoxy) is 1. The van der Waals surface area contributed by atoms with Crippen LogP contribution >= 0.6 is 0 Å². The van der Waals surface area contributed by atoms with Crippen LogP contribution in [0.25, 0.3) is 10.9 Å². The van der Waals surface area contributed by atoms with E-state index in [0.29, 0.717) is 13.2 Å². The molecule has 152 valence electrons. The normalized spacial score (nSPS) is 16.9. The Morgan fingerprint density at radius 1 is 1.17 bits per heavy atom. The topological polar surface area (TPSA) is 48.8 Å². The van der Waals surface area contributed by atoms with Crippen LogP contribution in [0, 0.1) is 0 Å². The average Bonchev–Trinajstić information content (AvgIpc) is 2.88. The van der Waals surface area contributed by atoms with Gasteiger partial charge in [0.05, 0.1) is 11.1 Å². The van der Waals surface area contributed by atoms with E-state index < -0.39 is 5.60 Å². The molecule has 0 saturated carbocycles. The van der Waals surface area contributed by atoms with E-state index in [9.17, 15) is 5.11 Å². The van der Waals surface area contributed by atoms with Crippen molar-refractivity contribution in [3.63, 3.8) is 0 Å². The summed E-state index contributed by atoms with van der Waals surface area (Å²) < 4.78 is 5.99. The summed E-state index contributed by atoms with van der Waals surface area (Å²) in [6.07, 6.45) is 1.83. The van der Waals surface area contributed by atoms with Crippen molar-refractivity contribution < 1.29 is 9.84 Å². The third kappa shape index (κ3) is 4.58. The number of pyridine rings is 1. The smallest absolute Gasteiger partial charge is 0.123 e. The van der Waals surface area contributed by atoms with Crippen LogP contribution < -0.4 is 4.74 Å². The quantitative estimate of drug-likeness (QED) is 0.722. The second kappa shape index (κ2) is 8.11. The molecule has 1 N–H and O–H groups in total. The summed E-state index contributed by atoms with van der Waals surface area (Å²) in [7, 11) is 3.95. The zero-order valence-corrected chi connectivity index (χ0v) is 17.4. The second-order valence-corrected chi connectivity index (χ2v) is 8.42. The third-order valence-corrected chi connectivity index (χ3v) is 5.44. The van der Waals surface area contributed by atoms with Gasteiger partial charge in [0, 0.05) is 43.3 Å². The monoisotopic (exact) mass is 391 g/mol. The lowest BCUT2D eigenvalue weighted by Crippen LogP contribution is -2.34. The molecule has 5 nitrogen and oxygen atoms in total. The highest BCUT2D eigenvalue weighted by Crippen LogP contribution is 2.30. The van der Waals surface area contributed by atoms with Crippen LogP contribution in [0.4, 0.5) is 0 Å². The lowest BCUT2D eigenvalue weighted by molar-refractivity contribution is 0.0299. The fraction of sp³-hybridized carbons (Fsp3) is 0.375. The largest absolute Gasteiger partial charge is 0.492 e. The maximum atomic E-state index is 10.9. The summed E-state index contributed by atoms with van der Waals surface area (Å²) in [5.41, 5.74) is 3.44. The molecule has 0 bridgehead atoms. The van der Waals surface area contributed by atoms with E-state index in [-0.39, 0.29) is 0 Å². The molecule has 2 aromatic carbocycles. The van der Waals surface area contributed by atoms with E-state index in [1.807, 2.05) is 50.3 Å². The molecule has 0 amide bonds. The van der Waals surface area contributed by atoms with Gasteiger partial charge in [-0.15, -0.1) is 0 Å². The van der Waals surface area contributed by atoms with Crippen LogP contribution in [0.3, 0.4) is 0 Å². The summed E-state index contributed by atoms with van der Waals surface area (Å²) in [6, 6.07) is 16.6. The minimum atomic E-state index is -0.902. The molecule has 3 aromatic rings. The number of hydrogen-bond donors (Lipinski definition) is 1. The van der Waals surface area contributed by atoms with Gasteiger partial charge in [-0.1, -0.05) is 18.2 Å². The van der Waals surface area contributed by atoms with Gasteiger partial charge in [-0.05, 0) is 62.5 Å². The standard InChI is InChI=1S/C24H29N3O2/c1-24(28,17-26(2)3)21-7-9-23-20(14-21)16-27(11-12-29-23)15-18-6-8-22-19(13-18)5-4-10-25-22/h4-10,13-14,28H,11-12,15-17H2,1-3H3. The summed E-state index contributed by atoms with van der Waals surface area (Å²) in [5.74, 6) is 0.916. The molecule has 1 aliphatic rings. The Morgan fingerprint density at radius 3 is 2.86 bits per heavy atom. The molecule has 0 saturated heterocycles. The first-order valence-corrected chi connectivity index (χ1v) is 10.1. The first-order valence-electron chi connectivity index (χ1n) is 10.1. The van der Waals surface area contributed by atoms with E-state index in [1.165, 1.54) is 10.9 Å². The molecule has 29 heavy (non-hydrogen) atoms. The van der Waals surface area contributed by atoms with Crippen molar-refractivity contribution in [2.45, 2.75) is 25.6 Å². The van der Waals surface area contributed by atoms with E-state index in [2.05, 4.69) is 40.2 Å². The Kier molecular flexibility index (Phi) is 5.54. The van der Waals surface area contributed by atoms with Gasteiger partial charge in [-0.2, -0.15) is 0 Å². The Labute approximate surface area is 172 Å². The molecule has 4 rings (SSSR count). The Morgan fingerprint density at radius 2 is 2.03 bits per heavy atom.